The molecular formula is C12H15NO3. The Morgan fingerprint density at radius 3 is 2.50 bits per heavy atom. The Balaban J connectivity index is 3.42. The highest BCUT2D eigenvalue weighted by Crippen LogP contribution is 2.33. The molecule has 0 aliphatic carbocycles. The summed E-state index contributed by atoms with van der Waals surface area (Å²) in [5, 5.41) is 2.70. The highest BCUT2D eigenvalue weighted by Gasteiger charge is 2.14. The van der Waals surface area contributed by atoms with Crippen molar-refractivity contribution in [3.8, 4) is 5.75 Å². The Labute approximate surface area is 94.6 Å². The number of nitrogens with one attached hydrogen (secondary N) is 1. The number of aryl methyl sites for hydroxylation is 1. The van der Waals surface area contributed by atoms with Crippen LogP contribution in [0.25, 0.3) is 0 Å². The molecule has 1 N–H and O–H groups in total. The van der Waals surface area contributed by atoms with Crippen LogP contribution in [0.15, 0.2) is 6.07 Å². The zero-order valence-electron chi connectivity index (χ0n) is 9.88. The number of carbonyl (C=O) groups is 2. The van der Waals surface area contributed by atoms with Crippen LogP contribution < -0.4 is 10.1 Å². The zero-order chi connectivity index (χ0) is 12.3. The van der Waals surface area contributed by atoms with E-state index in [4.69, 9.17) is 4.74 Å². The monoisotopic (exact) mass is 221 g/mol. The van der Waals surface area contributed by atoms with Gasteiger partial charge in [-0.25, -0.2) is 0 Å². The SMILES string of the molecule is COc1c(C)c(C=O)cc(C)c1NC(C)=O. The summed E-state index contributed by atoms with van der Waals surface area (Å²) >= 11 is 0. The lowest BCUT2D eigenvalue weighted by atomic mass is 10.0. The molecule has 0 aliphatic heterocycles. The largest absolute Gasteiger partial charge is 0.494 e. The molecule has 0 heterocycles. The van der Waals surface area contributed by atoms with Crippen molar-refractivity contribution in [1.82, 2.24) is 0 Å². The first-order valence-corrected chi connectivity index (χ1v) is 4.92. The van der Waals surface area contributed by atoms with Gasteiger partial charge in [0.25, 0.3) is 0 Å². The summed E-state index contributed by atoms with van der Waals surface area (Å²) in [7, 11) is 1.52. The minimum atomic E-state index is -0.167. The average Bonchev–Trinajstić information content (AvgIpc) is 2.23. The van der Waals surface area contributed by atoms with E-state index in [9.17, 15) is 9.59 Å². The van der Waals surface area contributed by atoms with E-state index in [1.54, 1.807) is 13.0 Å². The zero-order valence-corrected chi connectivity index (χ0v) is 9.88. The number of hydrogen-bond donors (Lipinski definition) is 1. The van der Waals surface area contributed by atoms with Crippen LogP contribution in [0.1, 0.15) is 28.4 Å². The summed E-state index contributed by atoms with van der Waals surface area (Å²) in [6.45, 7) is 5.04. The lowest BCUT2D eigenvalue weighted by molar-refractivity contribution is -0.114. The summed E-state index contributed by atoms with van der Waals surface area (Å²) in [5.41, 5.74) is 2.73. The van der Waals surface area contributed by atoms with E-state index in [0.29, 0.717) is 17.0 Å². The predicted octanol–water partition coefficient (Wildman–Crippen LogP) is 2.08. The first kappa shape index (κ1) is 12.2. The van der Waals surface area contributed by atoms with Crippen molar-refractivity contribution in [3.05, 3.63) is 22.8 Å². The maximum Gasteiger partial charge on any atom is 0.221 e. The van der Waals surface area contributed by atoms with Crippen molar-refractivity contribution in [2.24, 2.45) is 0 Å². The molecule has 0 fully saturated rings. The average molecular weight is 221 g/mol. The van der Waals surface area contributed by atoms with Crippen LogP contribution in [-0.4, -0.2) is 19.3 Å². The number of rotatable bonds is 3. The summed E-state index contributed by atoms with van der Waals surface area (Å²) < 4.78 is 5.23. The van der Waals surface area contributed by atoms with Crippen LogP contribution in [0.2, 0.25) is 0 Å². The van der Waals surface area contributed by atoms with Crippen LogP contribution in [0.5, 0.6) is 5.75 Å². The molecule has 86 valence electrons. The predicted molar refractivity (Wildman–Crippen MR) is 62.2 cm³/mol. The minimum Gasteiger partial charge on any atom is -0.494 e. The second-order valence-corrected chi connectivity index (χ2v) is 3.61. The van der Waals surface area contributed by atoms with Gasteiger partial charge in [-0.05, 0) is 25.5 Å². The maximum absolute atomic E-state index is 11.1. The second kappa shape index (κ2) is 4.79. The van der Waals surface area contributed by atoms with E-state index in [2.05, 4.69) is 5.32 Å². The summed E-state index contributed by atoms with van der Waals surface area (Å²) in [5.74, 6) is 0.372. The molecule has 0 atom stereocenters. The Bertz CT molecular complexity index is 438. The van der Waals surface area contributed by atoms with Crippen molar-refractivity contribution >= 4 is 17.9 Å². The van der Waals surface area contributed by atoms with Crippen LogP contribution in [-0.2, 0) is 4.79 Å². The third-order valence-electron chi connectivity index (χ3n) is 2.40. The van der Waals surface area contributed by atoms with E-state index in [1.807, 2.05) is 6.92 Å². The number of hydrogen-bond acceptors (Lipinski definition) is 3. The molecule has 0 aliphatic rings. The normalized spacial score (nSPS) is 9.75. The number of amides is 1. The fraction of sp³-hybridized carbons (Fsp3) is 0.333. The standard InChI is InChI=1S/C12H15NO3/c1-7-5-10(6-14)8(2)12(16-4)11(7)13-9(3)15/h5-6H,1-4H3,(H,13,15). The molecule has 0 aromatic heterocycles. The molecular weight excluding hydrogens is 206 g/mol. The van der Waals surface area contributed by atoms with Gasteiger partial charge in [-0.1, -0.05) is 0 Å². The second-order valence-electron chi connectivity index (χ2n) is 3.61. The van der Waals surface area contributed by atoms with E-state index in [1.165, 1.54) is 14.0 Å². The number of methoxy groups -OCH3 is 1. The topological polar surface area (TPSA) is 55.4 Å². The van der Waals surface area contributed by atoms with Crippen molar-refractivity contribution in [1.29, 1.82) is 0 Å². The van der Waals surface area contributed by atoms with Gasteiger partial charge in [0.2, 0.25) is 5.91 Å². The smallest absolute Gasteiger partial charge is 0.221 e. The first-order chi connectivity index (χ1) is 7.51. The van der Waals surface area contributed by atoms with E-state index < -0.39 is 0 Å². The van der Waals surface area contributed by atoms with Gasteiger partial charge in [0.05, 0.1) is 12.8 Å². The van der Waals surface area contributed by atoms with Crippen LogP contribution in [0.3, 0.4) is 0 Å². The van der Waals surface area contributed by atoms with Crippen LogP contribution in [0.4, 0.5) is 5.69 Å². The highest BCUT2D eigenvalue weighted by molar-refractivity contribution is 5.93. The van der Waals surface area contributed by atoms with Gasteiger partial charge >= 0.3 is 0 Å². The van der Waals surface area contributed by atoms with Gasteiger partial charge in [0.1, 0.15) is 12.0 Å². The van der Waals surface area contributed by atoms with Gasteiger partial charge in [0.15, 0.2) is 0 Å². The van der Waals surface area contributed by atoms with E-state index in [-0.39, 0.29) is 5.91 Å². The molecule has 0 unspecified atom stereocenters. The molecule has 4 nitrogen and oxygen atoms in total. The molecule has 4 heteroatoms. The Kier molecular flexibility index (Phi) is 3.66. The fourth-order valence-corrected chi connectivity index (χ4v) is 1.62. The number of anilines is 1. The summed E-state index contributed by atoms with van der Waals surface area (Å²) in [6, 6.07) is 1.73. The number of ether oxygens (including phenoxy) is 1. The molecule has 0 spiro atoms. The Hall–Kier alpha value is -1.84. The Morgan fingerprint density at radius 2 is 2.06 bits per heavy atom. The third kappa shape index (κ3) is 2.21. The van der Waals surface area contributed by atoms with Gasteiger partial charge in [-0.15, -0.1) is 0 Å². The number of aldehydes is 1. The van der Waals surface area contributed by atoms with E-state index in [0.717, 1.165) is 17.4 Å². The van der Waals surface area contributed by atoms with Crippen molar-refractivity contribution in [2.45, 2.75) is 20.8 Å². The van der Waals surface area contributed by atoms with Gasteiger partial charge < -0.3 is 10.1 Å². The summed E-state index contributed by atoms with van der Waals surface area (Å²) in [6.07, 6.45) is 0.780. The molecule has 1 amide bonds. The molecule has 1 rings (SSSR count). The third-order valence-corrected chi connectivity index (χ3v) is 2.40. The van der Waals surface area contributed by atoms with Crippen LogP contribution in [0, 0.1) is 13.8 Å². The molecule has 16 heavy (non-hydrogen) atoms. The Morgan fingerprint density at radius 1 is 1.44 bits per heavy atom. The fourth-order valence-electron chi connectivity index (χ4n) is 1.62. The lowest BCUT2D eigenvalue weighted by Crippen LogP contribution is -2.10. The van der Waals surface area contributed by atoms with Crippen molar-refractivity contribution in [3.63, 3.8) is 0 Å². The first-order valence-electron chi connectivity index (χ1n) is 4.92. The summed E-state index contributed by atoms with van der Waals surface area (Å²) in [4.78, 5) is 21.9. The van der Waals surface area contributed by atoms with Crippen molar-refractivity contribution < 1.29 is 14.3 Å². The molecule has 1 aromatic rings. The number of carbonyl (C=O) groups excluding carboxylic acids is 2. The maximum atomic E-state index is 11.1. The molecule has 0 saturated carbocycles. The van der Waals surface area contributed by atoms with Crippen LogP contribution >= 0.6 is 0 Å². The van der Waals surface area contributed by atoms with Gasteiger partial charge in [0, 0.05) is 18.1 Å². The molecule has 1 aromatic carbocycles. The van der Waals surface area contributed by atoms with Gasteiger partial charge in [-0.2, -0.15) is 0 Å². The van der Waals surface area contributed by atoms with E-state index >= 15 is 0 Å². The van der Waals surface area contributed by atoms with Crippen molar-refractivity contribution in [2.75, 3.05) is 12.4 Å². The van der Waals surface area contributed by atoms with Gasteiger partial charge in [-0.3, -0.25) is 9.59 Å². The number of benzene rings is 1. The molecule has 0 saturated heterocycles. The molecule has 0 bridgehead atoms. The minimum absolute atomic E-state index is 0.167. The molecule has 0 radical (unpaired) electrons. The highest BCUT2D eigenvalue weighted by atomic mass is 16.5. The lowest BCUT2D eigenvalue weighted by Gasteiger charge is -2.15. The quantitative estimate of drug-likeness (QED) is 0.795.